The first-order chi connectivity index (χ1) is 6.58. The highest BCUT2D eigenvalue weighted by molar-refractivity contribution is 5.77. The summed E-state index contributed by atoms with van der Waals surface area (Å²) in [6.45, 7) is 5.36. The van der Waals surface area contributed by atoms with Gasteiger partial charge in [0.25, 0.3) is 0 Å². The molecule has 0 unspecified atom stereocenters. The lowest BCUT2D eigenvalue weighted by Gasteiger charge is -2.31. The normalized spacial score (nSPS) is 20.1. The molecule has 0 aromatic carbocycles. The molecule has 3 nitrogen and oxygen atoms in total. The van der Waals surface area contributed by atoms with Crippen LogP contribution in [0.15, 0.2) is 0 Å². The third kappa shape index (κ3) is 2.71. The number of aliphatic hydroxyl groups excluding tert-OH is 1. The van der Waals surface area contributed by atoms with Crippen molar-refractivity contribution in [3.8, 4) is 0 Å². The standard InChI is InChI=1S/C11H21NO2/c1-11(2)7-5-8-12(11)10(14)6-3-4-9-13/h13H,3-9H2,1-2H3. The SMILES string of the molecule is CC1(C)CCCN1C(=O)CCCCO. The van der Waals surface area contributed by atoms with Crippen LogP contribution in [-0.4, -0.2) is 34.6 Å². The lowest BCUT2D eigenvalue weighted by Crippen LogP contribution is -2.42. The number of rotatable bonds is 4. The average Bonchev–Trinajstić information content (AvgIpc) is 2.45. The largest absolute Gasteiger partial charge is 0.396 e. The molecule has 0 aromatic rings. The van der Waals surface area contributed by atoms with Crippen LogP contribution < -0.4 is 0 Å². The molecular weight excluding hydrogens is 178 g/mol. The van der Waals surface area contributed by atoms with Crippen LogP contribution in [0.5, 0.6) is 0 Å². The van der Waals surface area contributed by atoms with Crippen molar-refractivity contribution in [3.05, 3.63) is 0 Å². The first kappa shape index (κ1) is 11.5. The summed E-state index contributed by atoms with van der Waals surface area (Å²) in [5.74, 6) is 0.251. The maximum Gasteiger partial charge on any atom is 0.223 e. The maximum absolute atomic E-state index is 11.8. The zero-order chi connectivity index (χ0) is 10.6. The third-order valence-corrected chi connectivity index (χ3v) is 3.00. The highest BCUT2D eigenvalue weighted by Crippen LogP contribution is 2.28. The van der Waals surface area contributed by atoms with Gasteiger partial charge in [-0.05, 0) is 39.5 Å². The molecule has 82 valence electrons. The van der Waals surface area contributed by atoms with Gasteiger partial charge in [0.05, 0.1) is 0 Å². The molecule has 3 heteroatoms. The van der Waals surface area contributed by atoms with Crippen molar-refractivity contribution >= 4 is 5.91 Å². The van der Waals surface area contributed by atoms with E-state index in [1.54, 1.807) is 0 Å². The van der Waals surface area contributed by atoms with E-state index in [0.717, 1.165) is 32.2 Å². The van der Waals surface area contributed by atoms with Crippen LogP contribution in [0.2, 0.25) is 0 Å². The Morgan fingerprint density at radius 3 is 2.64 bits per heavy atom. The predicted molar refractivity (Wildman–Crippen MR) is 56.0 cm³/mol. The van der Waals surface area contributed by atoms with Crippen molar-refractivity contribution in [1.29, 1.82) is 0 Å². The second-order valence-corrected chi connectivity index (χ2v) is 4.64. The first-order valence-electron chi connectivity index (χ1n) is 5.49. The van der Waals surface area contributed by atoms with Crippen molar-refractivity contribution in [2.75, 3.05) is 13.2 Å². The molecule has 1 amide bonds. The predicted octanol–water partition coefficient (Wildman–Crippen LogP) is 1.55. The fraction of sp³-hybridized carbons (Fsp3) is 0.909. The number of hydrogen-bond donors (Lipinski definition) is 1. The minimum absolute atomic E-state index is 0.0519. The number of nitrogens with zero attached hydrogens (tertiary/aromatic N) is 1. The van der Waals surface area contributed by atoms with Gasteiger partial charge >= 0.3 is 0 Å². The number of hydrogen-bond acceptors (Lipinski definition) is 2. The van der Waals surface area contributed by atoms with Gasteiger partial charge in [-0.25, -0.2) is 0 Å². The second kappa shape index (κ2) is 4.78. The maximum atomic E-state index is 11.8. The fourth-order valence-corrected chi connectivity index (χ4v) is 2.09. The number of unbranched alkanes of at least 4 members (excludes halogenated alkanes) is 1. The molecule has 0 saturated carbocycles. The Kier molecular flexibility index (Phi) is 3.93. The van der Waals surface area contributed by atoms with Gasteiger partial charge in [-0.1, -0.05) is 0 Å². The average molecular weight is 199 g/mol. The zero-order valence-electron chi connectivity index (χ0n) is 9.25. The van der Waals surface area contributed by atoms with Crippen molar-refractivity contribution in [2.45, 2.75) is 51.5 Å². The Balaban J connectivity index is 2.36. The lowest BCUT2D eigenvalue weighted by molar-refractivity contribution is -0.134. The smallest absolute Gasteiger partial charge is 0.223 e. The van der Waals surface area contributed by atoms with E-state index in [0.29, 0.717) is 6.42 Å². The van der Waals surface area contributed by atoms with Crippen LogP contribution in [0.4, 0.5) is 0 Å². The summed E-state index contributed by atoms with van der Waals surface area (Å²) < 4.78 is 0. The molecule has 1 fully saturated rings. The van der Waals surface area contributed by atoms with E-state index in [1.807, 2.05) is 4.90 Å². The highest BCUT2D eigenvalue weighted by atomic mass is 16.3. The highest BCUT2D eigenvalue weighted by Gasteiger charge is 2.34. The van der Waals surface area contributed by atoms with Crippen molar-refractivity contribution in [1.82, 2.24) is 4.90 Å². The number of carbonyl (C=O) groups is 1. The molecule has 0 aliphatic carbocycles. The Morgan fingerprint density at radius 2 is 2.14 bits per heavy atom. The quantitative estimate of drug-likeness (QED) is 0.698. The Bertz CT molecular complexity index is 201. The molecule has 1 saturated heterocycles. The van der Waals surface area contributed by atoms with Gasteiger partial charge in [0, 0.05) is 25.1 Å². The molecule has 14 heavy (non-hydrogen) atoms. The summed E-state index contributed by atoms with van der Waals surface area (Å²) in [5.41, 5.74) is 0.0519. The topological polar surface area (TPSA) is 40.5 Å². The molecular formula is C11H21NO2. The van der Waals surface area contributed by atoms with Gasteiger partial charge in [0.2, 0.25) is 5.91 Å². The fourth-order valence-electron chi connectivity index (χ4n) is 2.09. The van der Waals surface area contributed by atoms with Gasteiger partial charge in [-0.15, -0.1) is 0 Å². The van der Waals surface area contributed by atoms with Crippen LogP contribution >= 0.6 is 0 Å². The summed E-state index contributed by atoms with van der Waals surface area (Å²) in [4.78, 5) is 13.8. The molecule has 1 rings (SSSR count). The Labute approximate surface area is 86.1 Å². The molecule has 1 heterocycles. The molecule has 0 spiro atoms. The zero-order valence-corrected chi connectivity index (χ0v) is 9.25. The van der Waals surface area contributed by atoms with Crippen molar-refractivity contribution < 1.29 is 9.90 Å². The molecule has 1 N–H and O–H groups in total. The van der Waals surface area contributed by atoms with Crippen LogP contribution in [0, 0.1) is 0 Å². The minimum atomic E-state index is 0.0519. The lowest BCUT2D eigenvalue weighted by atomic mass is 10.0. The van der Waals surface area contributed by atoms with Gasteiger partial charge in [0.1, 0.15) is 0 Å². The van der Waals surface area contributed by atoms with Crippen LogP contribution in [0.3, 0.4) is 0 Å². The Morgan fingerprint density at radius 1 is 1.43 bits per heavy atom. The monoisotopic (exact) mass is 199 g/mol. The van der Waals surface area contributed by atoms with E-state index in [1.165, 1.54) is 0 Å². The summed E-state index contributed by atoms with van der Waals surface area (Å²) in [6.07, 6.45) is 4.36. The summed E-state index contributed by atoms with van der Waals surface area (Å²) >= 11 is 0. The molecule has 1 aliphatic heterocycles. The number of carbonyl (C=O) groups excluding carboxylic acids is 1. The van der Waals surface area contributed by atoms with E-state index < -0.39 is 0 Å². The molecule has 1 aliphatic rings. The Hall–Kier alpha value is -0.570. The summed E-state index contributed by atoms with van der Waals surface area (Å²) in [7, 11) is 0. The van der Waals surface area contributed by atoms with Gasteiger partial charge in [0.15, 0.2) is 0 Å². The number of likely N-dealkylation sites (tertiary alicyclic amines) is 1. The van der Waals surface area contributed by atoms with Gasteiger partial charge in [-0.2, -0.15) is 0 Å². The number of amides is 1. The van der Waals surface area contributed by atoms with Crippen LogP contribution in [0.25, 0.3) is 0 Å². The van der Waals surface area contributed by atoms with Gasteiger partial charge in [-0.3, -0.25) is 4.79 Å². The van der Waals surface area contributed by atoms with Crippen LogP contribution in [-0.2, 0) is 4.79 Å². The molecule has 0 atom stereocenters. The van der Waals surface area contributed by atoms with Crippen LogP contribution in [0.1, 0.15) is 46.0 Å². The first-order valence-corrected chi connectivity index (χ1v) is 5.49. The molecule has 0 aromatic heterocycles. The number of aliphatic hydroxyl groups is 1. The van der Waals surface area contributed by atoms with E-state index in [2.05, 4.69) is 13.8 Å². The summed E-state index contributed by atoms with van der Waals surface area (Å²) in [6, 6.07) is 0. The summed E-state index contributed by atoms with van der Waals surface area (Å²) in [5, 5.41) is 8.62. The van der Waals surface area contributed by atoms with E-state index in [9.17, 15) is 4.79 Å². The minimum Gasteiger partial charge on any atom is -0.396 e. The van der Waals surface area contributed by atoms with E-state index in [-0.39, 0.29) is 18.1 Å². The molecule has 0 radical (unpaired) electrons. The van der Waals surface area contributed by atoms with Gasteiger partial charge < -0.3 is 10.0 Å². The van der Waals surface area contributed by atoms with E-state index >= 15 is 0 Å². The molecule has 0 bridgehead atoms. The van der Waals surface area contributed by atoms with Crippen molar-refractivity contribution in [2.24, 2.45) is 0 Å². The van der Waals surface area contributed by atoms with E-state index in [4.69, 9.17) is 5.11 Å². The van der Waals surface area contributed by atoms with Crippen molar-refractivity contribution in [3.63, 3.8) is 0 Å². The third-order valence-electron chi connectivity index (χ3n) is 3.00. The second-order valence-electron chi connectivity index (χ2n) is 4.64.